The molecule has 112 valence electrons. The van der Waals surface area contributed by atoms with Crippen LogP contribution < -0.4 is 5.32 Å². The van der Waals surface area contributed by atoms with Crippen LogP contribution in [0.2, 0.25) is 0 Å². The van der Waals surface area contributed by atoms with Crippen molar-refractivity contribution in [1.82, 2.24) is 0 Å². The van der Waals surface area contributed by atoms with Gasteiger partial charge >= 0.3 is 0 Å². The number of furan rings is 1. The van der Waals surface area contributed by atoms with E-state index in [-0.39, 0.29) is 5.91 Å². The van der Waals surface area contributed by atoms with Crippen LogP contribution in [0.25, 0.3) is 6.08 Å². The van der Waals surface area contributed by atoms with Gasteiger partial charge in [-0.3, -0.25) is 4.79 Å². The molecular formula is C17H16N2O2S. The van der Waals surface area contributed by atoms with E-state index in [1.54, 1.807) is 24.5 Å². The smallest absolute Gasteiger partial charge is 0.249 e. The van der Waals surface area contributed by atoms with Crippen LogP contribution >= 0.6 is 11.3 Å². The minimum atomic E-state index is -0.250. The fourth-order valence-corrected chi connectivity index (χ4v) is 4.02. The van der Waals surface area contributed by atoms with Gasteiger partial charge in [0.25, 0.3) is 0 Å². The monoisotopic (exact) mass is 312 g/mol. The fraction of sp³-hybridized carbons (Fsp3) is 0.294. The van der Waals surface area contributed by atoms with E-state index in [9.17, 15) is 10.1 Å². The lowest BCUT2D eigenvalue weighted by Gasteiger charge is -2.17. The Morgan fingerprint density at radius 2 is 2.45 bits per heavy atom. The Hall–Kier alpha value is -2.32. The zero-order chi connectivity index (χ0) is 15.5. The number of carbonyl (C=O) groups is 1. The van der Waals surface area contributed by atoms with Gasteiger partial charge in [-0.1, -0.05) is 6.92 Å². The first-order valence-electron chi connectivity index (χ1n) is 7.24. The highest BCUT2D eigenvalue weighted by Crippen LogP contribution is 2.39. The maximum atomic E-state index is 12.0. The zero-order valence-electron chi connectivity index (χ0n) is 12.3. The van der Waals surface area contributed by atoms with Gasteiger partial charge < -0.3 is 9.73 Å². The number of rotatable bonds is 3. The highest BCUT2D eigenvalue weighted by molar-refractivity contribution is 7.16. The van der Waals surface area contributed by atoms with E-state index >= 15 is 0 Å². The molecule has 3 rings (SSSR count). The third-order valence-corrected chi connectivity index (χ3v) is 4.97. The Balaban J connectivity index is 1.78. The number of carbonyl (C=O) groups excluding carboxylic acids is 1. The Labute approximate surface area is 133 Å². The van der Waals surface area contributed by atoms with Gasteiger partial charge in [0, 0.05) is 11.0 Å². The molecule has 2 heterocycles. The van der Waals surface area contributed by atoms with Crippen molar-refractivity contribution < 1.29 is 9.21 Å². The summed E-state index contributed by atoms with van der Waals surface area (Å²) in [6, 6.07) is 5.78. The third-order valence-electron chi connectivity index (χ3n) is 3.80. The second kappa shape index (κ2) is 6.20. The van der Waals surface area contributed by atoms with Gasteiger partial charge in [0.2, 0.25) is 5.91 Å². The van der Waals surface area contributed by atoms with E-state index in [0.717, 1.165) is 24.8 Å². The van der Waals surface area contributed by atoms with Crippen molar-refractivity contribution in [3.63, 3.8) is 0 Å². The van der Waals surface area contributed by atoms with Crippen LogP contribution in [-0.4, -0.2) is 5.91 Å². The third kappa shape index (κ3) is 2.97. The second-order valence-corrected chi connectivity index (χ2v) is 6.61. The van der Waals surface area contributed by atoms with E-state index in [1.807, 2.05) is 0 Å². The van der Waals surface area contributed by atoms with E-state index in [0.29, 0.717) is 22.2 Å². The topological polar surface area (TPSA) is 66.0 Å². The molecule has 0 bridgehead atoms. The average molecular weight is 312 g/mol. The number of fused-ring (bicyclic) bond motifs is 1. The number of hydrogen-bond acceptors (Lipinski definition) is 4. The van der Waals surface area contributed by atoms with Gasteiger partial charge in [0.05, 0.1) is 11.8 Å². The van der Waals surface area contributed by atoms with Gasteiger partial charge in [-0.15, -0.1) is 11.3 Å². The predicted octanol–water partition coefficient (Wildman–Crippen LogP) is 3.99. The largest absolute Gasteiger partial charge is 0.465 e. The molecule has 0 aliphatic heterocycles. The second-order valence-electron chi connectivity index (χ2n) is 5.51. The molecule has 5 heteroatoms. The van der Waals surface area contributed by atoms with Crippen LogP contribution in [0.15, 0.2) is 28.9 Å². The van der Waals surface area contributed by atoms with Crippen LogP contribution in [0.5, 0.6) is 0 Å². The Bertz CT molecular complexity index is 750. The first kappa shape index (κ1) is 14.6. The molecule has 2 aromatic heterocycles. The molecule has 1 N–H and O–H groups in total. The Morgan fingerprint density at radius 1 is 1.59 bits per heavy atom. The van der Waals surface area contributed by atoms with Crippen molar-refractivity contribution in [1.29, 1.82) is 5.26 Å². The SMILES string of the molecule is CC1CCc2c(sc(NC(=O)/C=C/c3ccco3)c2C#N)C1. The summed E-state index contributed by atoms with van der Waals surface area (Å²) < 4.78 is 5.14. The molecule has 0 saturated carbocycles. The Kier molecular flexibility index (Phi) is 4.12. The maximum Gasteiger partial charge on any atom is 0.249 e. The van der Waals surface area contributed by atoms with E-state index in [4.69, 9.17) is 4.42 Å². The molecule has 4 nitrogen and oxygen atoms in total. The van der Waals surface area contributed by atoms with Crippen molar-refractivity contribution in [3.05, 3.63) is 46.2 Å². The minimum Gasteiger partial charge on any atom is -0.465 e. The number of nitriles is 1. The summed E-state index contributed by atoms with van der Waals surface area (Å²) in [5.41, 5.74) is 1.75. The summed E-state index contributed by atoms with van der Waals surface area (Å²) in [7, 11) is 0. The summed E-state index contributed by atoms with van der Waals surface area (Å²) in [6.45, 7) is 2.22. The van der Waals surface area contributed by atoms with E-state index < -0.39 is 0 Å². The summed E-state index contributed by atoms with van der Waals surface area (Å²) in [4.78, 5) is 13.2. The lowest BCUT2D eigenvalue weighted by molar-refractivity contribution is -0.111. The van der Waals surface area contributed by atoms with Crippen molar-refractivity contribution >= 4 is 28.3 Å². The predicted molar refractivity (Wildman–Crippen MR) is 86.6 cm³/mol. The van der Waals surface area contributed by atoms with Crippen molar-refractivity contribution in [3.8, 4) is 6.07 Å². The van der Waals surface area contributed by atoms with Crippen molar-refractivity contribution in [2.75, 3.05) is 5.32 Å². The summed E-state index contributed by atoms with van der Waals surface area (Å²) in [5, 5.41) is 12.9. The zero-order valence-corrected chi connectivity index (χ0v) is 13.1. The van der Waals surface area contributed by atoms with E-state index in [1.165, 1.54) is 22.3 Å². The number of nitrogens with one attached hydrogen (secondary N) is 1. The molecule has 1 unspecified atom stereocenters. The molecule has 0 spiro atoms. The maximum absolute atomic E-state index is 12.0. The first-order chi connectivity index (χ1) is 10.7. The summed E-state index contributed by atoms with van der Waals surface area (Å²) in [5.74, 6) is 1.01. The standard InChI is InChI=1S/C17H16N2O2S/c1-11-4-6-13-14(10-18)17(22-15(13)9-11)19-16(20)7-5-12-3-2-8-21-12/h2-3,5,7-8,11H,4,6,9H2,1H3,(H,19,20)/b7-5+. The van der Waals surface area contributed by atoms with Crippen LogP contribution in [0.4, 0.5) is 5.00 Å². The number of nitrogens with zero attached hydrogens (tertiary/aromatic N) is 1. The minimum absolute atomic E-state index is 0.250. The molecule has 0 radical (unpaired) electrons. The molecule has 1 amide bonds. The normalized spacial score (nSPS) is 17.2. The molecule has 0 fully saturated rings. The average Bonchev–Trinajstić information content (AvgIpc) is 3.11. The molecule has 0 saturated heterocycles. The molecular weight excluding hydrogens is 296 g/mol. The lowest BCUT2D eigenvalue weighted by Crippen LogP contribution is -2.10. The summed E-state index contributed by atoms with van der Waals surface area (Å²) >= 11 is 1.53. The van der Waals surface area contributed by atoms with Gasteiger partial charge in [0.1, 0.15) is 16.8 Å². The van der Waals surface area contributed by atoms with Gasteiger partial charge in [-0.2, -0.15) is 5.26 Å². The summed E-state index contributed by atoms with van der Waals surface area (Å²) in [6.07, 6.45) is 7.60. The highest BCUT2D eigenvalue weighted by atomic mass is 32.1. The number of amides is 1. The quantitative estimate of drug-likeness (QED) is 0.871. The molecule has 22 heavy (non-hydrogen) atoms. The number of anilines is 1. The van der Waals surface area contributed by atoms with Gasteiger partial charge in [0.15, 0.2) is 0 Å². The fourth-order valence-electron chi connectivity index (χ4n) is 2.65. The van der Waals surface area contributed by atoms with Crippen LogP contribution in [0.3, 0.4) is 0 Å². The van der Waals surface area contributed by atoms with Crippen molar-refractivity contribution in [2.24, 2.45) is 5.92 Å². The number of hydrogen-bond donors (Lipinski definition) is 1. The lowest BCUT2D eigenvalue weighted by atomic mass is 9.89. The van der Waals surface area contributed by atoms with E-state index in [2.05, 4.69) is 18.3 Å². The van der Waals surface area contributed by atoms with Crippen LogP contribution in [0.1, 0.15) is 35.1 Å². The van der Waals surface area contributed by atoms with Crippen LogP contribution in [-0.2, 0) is 17.6 Å². The number of thiophene rings is 1. The molecule has 2 aromatic rings. The molecule has 1 aliphatic rings. The van der Waals surface area contributed by atoms with Gasteiger partial charge in [-0.25, -0.2) is 0 Å². The first-order valence-corrected chi connectivity index (χ1v) is 8.06. The Morgan fingerprint density at radius 3 is 3.18 bits per heavy atom. The molecule has 1 atom stereocenters. The van der Waals surface area contributed by atoms with Crippen molar-refractivity contribution in [2.45, 2.75) is 26.2 Å². The molecule has 1 aliphatic carbocycles. The highest BCUT2D eigenvalue weighted by Gasteiger charge is 2.24. The van der Waals surface area contributed by atoms with Gasteiger partial charge in [-0.05, 0) is 49.0 Å². The molecule has 0 aromatic carbocycles. The van der Waals surface area contributed by atoms with Crippen LogP contribution in [0, 0.1) is 17.2 Å².